The van der Waals surface area contributed by atoms with Crippen LogP contribution in [0.2, 0.25) is 0 Å². The van der Waals surface area contributed by atoms with Crippen LogP contribution >= 0.6 is 47.8 Å². The zero-order chi connectivity index (χ0) is 14.8. The number of ether oxygens (including phenoxy) is 2. The van der Waals surface area contributed by atoms with Gasteiger partial charge in [-0.25, -0.2) is 0 Å². The van der Waals surface area contributed by atoms with Gasteiger partial charge in [0, 0.05) is 15.5 Å². The van der Waals surface area contributed by atoms with E-state index in [1.165, 1.54) is 0 Å². The molecule has 110 valence electrons. The van der Waals surface area contributed by atoms with Gasteiger partial charge in [0.05, 0.1) is 10.2 Å². The highest BCUT2D eigenvalue weighted by Crippen LogP contribution is 2.39. The van der Waals surface area contributed by atoms with Gasteiger partial charge >= 0.3 is 0 Å². The van der Waals surface area contributed by atoms with Crippen LogP contribution in [0, 0.1) is 0 Å². The lowest BCUT2D eigenvalue weighted by molar-refractivity contribution is 0.170. The standard InChI is InChI=1S/C15H12Br3NO2/c16-10-2-1-3-11(17)14(10)19-8-9-6-12(18)15-13(7-9)20-4-5-21-15/h1-3,6-7,19H,4-5,8H2. The molecule has 0 amide bonds. The molecule has 0 aliphatic carbocycles. The van der Waals surface area contributed by atoms with E-state index >= 15 is 0 Å². The summed E-state index contributed by atoms with van der Waals surface area (Å²) in [6.07, 6.45) is 0. The zero-order valence-electron chi connectivity index (χ0n) is 11.0. The van der Waals surface area contributed by atoms with Crippen LogP contribution in [0.5, 0.6) is 11.5 Å². The third kappa shape index (κ3) is 3.38. The summed E-state index contributed by atoms with van der Waals surface area (Å²) in [5, 5.41) is 3.42. The minimum Gasteiger partial charge on any atom is -0.486 e. The second kappa shape index (κ2) is 6.58. The summed E-state index contributed by atoms with van der Waals surface area (Å²) >= 11 is 10.6. The fourth-order valence-corrected chi connectivity index (χ4v) is 4.01. The fourth-order valence-electron chi connectivity index (χ4n) is 2.12. The topological polar surface area (TPSA) is 30.5 Å². The number of rotatable bonds is 3. The van der Waals surface area contributed by atoms with Gasteiger partial charge in [0.2, 0.25) is 0 Å². The lowest BCUT2D eigenvalue weighted by atomic mass is 10.2. The van der Waals surface area contributed by atoms with Gasteiger partial charge in [-0.05, 0) is 77.6 Å². The van der Waals surface area contributed by atoms with Crippen molar-refractivity contribution in [2.45, 2.75) is 6.54 Å². The number of hydrogen-bond donors (Lipinski definition) is 1. The summed E-state index contributed by atoms with van der Waals surface area (Å²) in [5.41, 5.74) is 2.15. The van der Waals surface area contributed by atoms with Gasteiger partial charge in [-0.1, -0.05) is 6.07 Å². The molecule has 0 unspecified atom stereocenters. The maximum atomic E-state index is 5.64. The molecule has 2 aromatic carbocycles. The summed E-state index contributed by atoms with van der Waals surface area (Å²) in [5.74, 6) is 1.57. The fraction of sp³-hybridized carbons (Fsp3) is 0.200. The Morgan fingerprint density at radius 1 is 0.952 bits per heavy atom. The first-order valence-electron chi connectivity index (χ1n) is 6.41. The van der Waals surface area contributed by atoms with Crippen molar-refractivity contribution < 1.29 is 9.47 Å². The molecule has 21 heavy (non-hydrogen) atoms. The molecule has 1 aliphatic rings. The molecule has 0 spiro atoms. The molecular formula is C15H12Br3NO2. The normalized spacial score (nSPS) is 13.1. The average molecular weight is 478 g/mol. The van der Waals surface area contributed by atoms with Crippen molar-refractivity contribution >= 4 is 53.5 Å². The van der Waals surface area contributed by atoms with Gasteiger partial charge in [0.25, 0.3) is 0 Å². The summed E-state index contributed by atoms with van der Waals surface area (Å²) in [7, 11) is 0. The highest BCUT2D eigenvalue weighted by Gasteiger charge is 2.16. The number of fused-ring (bicyclic) bond motifs is 1. The van der Waals surface area contributed by atoms with Gasteiger partial charge in [-0.15, -0.1) is 0 Å². The minimum absolute atomic E-state index is 0.589. The van der Waals surface area contributed by atoms with E-state index in [2.05, 4.69) is 53.1 Å². The molecular weight excluding hydrogens is 466 g/mol. The van der Waals surface area contributed by atoms with E-state index in [9.17, 15) is 0 Å². The van der Waals surface area contributed by atoms with Crippen LogP contribution in [-0.2, 0) is 6.54 Å². The first kappa shape index (κ1) is 15.2. The van der Waals surface area contributed by atoms with E-state index in [-0.39, 0.29) is 0 Å². The Kier molecular flexibility index (Phi) is 4.76. The number of benzene rings is 2. The monoisotopic (exact) mass is 475 g/mol. The smallest absolute Gasteiger partial charge is 0.175 e. The Morgan fingerprint density at radius 3 is 2.43 bits per heavy atom. The molecule has 3 nitrogen and oxygen atoms in total. The van der Waals surface area contributed by atoms with Crippen molar-refractivity contribution in [3.8, 4) is 11.5 Å². The van der Waals surface area contributed by atoms with Gasteiger partial charge < -0.3 is 14.8 Å². The van der Waals surface area contributed by atoms with Crippen molar-refractivity contribution in [1.82, 2.24) is 0 Å². The largest absolute Gasteiger partial charge is 0.486 e. The first-order chi connectivity index (χ1) is 10.1. The van der Waals surface area contributed by atoms with Gasteiger partial charge in [-0.2, -0.15) is 0 Å². The van der Waals surface area contributed by atoms with Crippen LogP contribution < -0.4 is 14.8 Å². The Hall–Kier alpha value is -0.720. The molecule has 0 saturated carbocycles. The van der Waals surface area contributed by atoms with Gasteiger partial charge in [0.15, 0.2) is 11.5 Å². The predicted molar refractivity (Wildman–Crippen MR) is 94.3 cm³/mol. The summed E-state index contributed by atoms with van der Waals surface area (Å²) < 4.78 is 14.2. The van der Waals surface area contributed by atoms with E-state index in [4.69, 9.17) is 9.47 Å². The molecule has 3 rings (SSSR count). The van der Waals surface area contributed by atoms with E-state index in [0.29, 0.717) is 19.8 Å². The van der Waals surface area contributed by atoms with Crippen molar-refractivity contribution in [3.63, 3.8) is 0 Å². The Balaban J connectivity index is 1.81. The molecule has 0 atom stereocenters. The molecule has 0 fully saturated rings. The summed E-state index contributed by atoms with van der Waals surface area (Å²) in [6.45, 7) is 1.87. The van der Waals surface area contributed by atoms with E-state index in [0.717, 1.165) is 36.2 Å². The molecule has 1 N–H and O–H groups in total. The van der Waals surface area contributed by atoms with Crippen LogP contribution in [0.1, 0.15) is 5.56 Å². The minimum atomic E-state index is 0.589. The number of hydrogen-bond acceptors (Lipinski definition) is 3. The summed E-state index contributed by atoms with van der Waals surface area (Å²) in [6, 6.07) is 10.1. The Bertz CT molecular complexity index is 656. The zero-order valence-corrected chi connectivity index (χ0v) is 15.7. The van der Waals surface area contributed by atoms with Crippen LogP contribution in [0.4, 0.5) is 5.69 Å². The van der Waals surface area contributed by atoms with Crippen LogP contribution in [0.15, 0.2) is 43.7 Å². The van der Waals surface area contributed by atoms with Gasteiger partial charge in [0.1, 0.15) is 13.2 Å². The molecule has 0 saturated heterocycles. The van der Waals surface area contributed by atoms with Crippen LogP contribution in [0.3, 0.4) is 0 Å². The third-order valence-corrected chi connectivity index (χ3v) is 5.00. The molecule has 0 radical (unpaired) electrons. The Labute approximate surface area is 148 Å². The maximum Gasteiger partial charge on any atom is 0.175 e. The van der Waals surface area contributed by atoms with Gasteiger partial charge in [-0.3, -0.25) is 0 Å². The highest BCUT2D eigenvalue weighted by atomic mass is 79.9. The quantitative estimate of drug-likeness (QED) is 0.645. The lowest BCUT2D eigenvalue weighted by Crippen LogP contribution is -2.16. The number of para-hydroxylation sites is 1. The van der Waals surface area contributed by atoms with Crippen LogP contribution in [-0.4, -0.2) is 13.2 Å². The Morgan fingerprint density at radius 2 is 1.67 bits per heavy atom. The van der Waals surface area contributed by atoms with Crippen molar-refractivity contribution in [2.75, 3.05) is 18.5 Å². The first-order valence-corrected chi connectivity index (χ1v) is 8.79. The molecule has 1 heterocycles. The third-order valence-electron chi connectivity index (χ3n) is 3.09. The molecule has 0 aromatic heterocycles. The van der Waals surface area contributed by atoms with Crippen molar-refractivity contribution in [1.29, 1.82) is 0 Å². The molecule has 0 bridgehead atoms. The number of anilines is 1. The van der Waals surface area contributed by atoms with Crippen LogP contribution in [0.25, 0.3) is 0 Å². The molecule has 6 heteroatoms. The van der Waals surface area contributed by atoms with E-state index in [1.54, 1.807) is 0 Å². The van der Waals surface area contributed by atoms with E-state index in [1.807, 2.05) is 30.3 Å². The second-order valence-electron chi connectivity index (χ2n) is 4.55. The average Bonchev–Trinajstić information content (AvgIpc) is 2.47. The maximum absolute atomic E-state index is 5.64. The second-order valence-corrected chi connectivity index (χ2v) is 7.12. The van der Waals surface area contributed by atoms with Crippen molar-refractivity contribution in [2.24, 2.45) is 0 Å². The summed E-state index contributed by atoms with van der Waals surface area (Å²) in [4.78, 5) is 0. The molecule has 1 aliphatic heterocycles. The van der Waals surface area contributed by atoms with Crippen molar-refractivity contribution in [3.05, 3.63) is 49.3 Å². The van der Waals surface area contributed by atoms with E-state index < -0.39 is 0 Å². The SMILES string of the molecule is Brc1cccc(Br)c1NCc1cc(Br)c2c(c1)OCCO2. The predicted octanol–water partition coefficient (Wildman–Crippen LogP) is 5.36. The number of halogens is 3. The highest BCUT2D eigenvalue weighted by molar-refractivity contribution is 9.11. The molecule has 2 aromatic rings. The lowest BCUT2D eigenvalue weighted by Gasteiger charge is -2.20. The number of nitrogens with one attached hydrogen (secondary N) is 1.